The Morgan fingerprint density at radius 2 is 1.88 bits per heavy atom. The lowest BCUT2D eigenvalue weighted by molar-refractivity contribution is -0.153. The number of halogens is 3. The van der Waals surface area contributed by atoms with Crippen LogP contribution < -0.4 is 0 Å². The quantitative estimate of drug-likeness (QED) is 0.752. The Hall–Kier alpha value is -2.83. The third-order valence-electron chi connectivity index (χ3n) is 4.99. The van der Waals surface area contributed by atoms with E-state index < -0.39 is 35.4 Å². The van der Waals surface area contributed by atoms with Crippen molar-refractivity contribution in [2.75, 3.05) is 0 Å². The van der Waals surface area contributed by atoms with E-state index in [0.29, 0.717) is 11.0 Å². The Morgan fingerprint density at radius 1 is 1.19 bits per heavy atom. The third kappa shape index (κ3) is 2.30. The van der Waals surface area contributed by atoms with Gasteiger partial charge in [-0.3, -0.25) is 4.79 Å². The number of fused-ring (bicyclic) bond motifs is 3. The molecule has 134 valence electrons. The van der Waals surface area contributed by atoms with Gasteiger partial charge in [0.15, 0.2) is 5.82 Å². The lowest BCUT2D eigenvalue weighted by Gasteiger charge is -2.38. The molecular weight excluding hydrogens is 345 g/mol. The van der Waals surface area contributed by atoms with Crippen molar-refractivity contribution < 1.29 is 23.1 Å². The standard InChI is InChI=1S/C19H15F3N2O2/c1-11-2-7-15-14(8-11)23-16-19(21,22)9-18(17(25)26,10-24(15)16)12-3-5-13(20)6-4-12/h2-8H,9-10H2,1H3,(H,25,26). The number of carboxylic acid groups (broad SMARTS) is 1. The molecule has 1 aliphatic rings. The molecule has 3 aromatic rings. The molecule has 1 unspecified atom stereocenters. The molecule has 1 N–H and O–H groups in total. The van der Waals surface area contributed by atoms with Crippen LogP contribution in [-0.2, 0) is 22.7 Å². The minimum absolute atomic E-state index is 0.144. The maximum atomic E-state index is 14.9. The van der Waals surface area contributed by atoms with Crippen LogP contribution in [0, 0.1) is 12.7 Å². The van der Waals surface area contributed by atoms with Crippen molar-refractivity contribution >= 4 is 17.0 Å². The number of hydrogen-bond donors (Lipinski definition) is 1. The van der Waals surface area contributed by atoms with E-state index in [1.807, 2.05) is 6.92 Å². The zero-order valence-corrected chi connectivity index (χ0v) is 13.8. The minimum Gasteiger partial charge on any atom is -0.481 e. The Bertz CT molecular complexity index is 1030. The van der Waals surface area contributed by atoms with E-state index >= 15 is 0 Å². The molecule has 2 aromatic carbocycles. The molecule has 0 saturated heterocycles. The highest BCUT2D eigenvalue weighted by Gasteiger charge is 2.56. The summed E-state index contributed by atoms with van der Waals surface area (Å²) in [5, 5.41) is 9.86. The number of hydrogen-bond acceptors (Lipinski definition) is 2. The van der Waals surface area contributed by atoms with Crippen molar-refractivity contribution in [2.45, 2.75) is 31.2 Å². The molecule has 0 radical (unpaired) electrons. The number of aryl methyl sites for hydroxylation is 1. The van der Waals surface area contributed by atoms with Crippen LogP contribution in [0.1, 0.15) is 23.4 Å². The number of aliphatic carboxylic acids is 1. The second-order valence-electron chi connectivity index (χ2n) is 6.79. The van der Waals surface area contributed by atoms with Gasteiger partial charge in [0.1, 0.15) is 11.2 Å². The SMILES string of the molecule is Cc1ccc2c(c1)nc1n2CC(C(=O)O)(c2ccc(F)cc2)CC1(F)F. The van der Waals surface area contributed by atoms with E-state index in [1.165, 1.54) is 16.7 Å². The van der Waals surface area contributed by atoms with E-state index in [-0.39, 0.29) is 12.1 Å². The number of rotatable bonds is 2. The van der Waals surface area contributed by atoms with Gasteiger partial charge < -0.3 is 9.67 Å². The molecule has 2 heterocycles. The summed E-state index contributed by atoms with van der Waals surface area (Å²) in [6.07, 6.45) is -0.927. The van der Waals surface area contributed by atoms with Gasteiger partial charge >= 0.3 is 11.9 Å². The zero-order chi connectivity index (χ0) is 18.7. The molecule has 0 bridgehead atoms. The predicted octanol–water partition coefficient (Wildman–Crippen LogP) is 4.00. The van der Waals surface area contributed by atoms with Crippen LogP contribution in [0.25, 0.3) is 11.0 Å². The number of nitrogens with zero attached hydrogens (tertiary/aromatic N) is 2. The Balaban J connectivity index is 1.97. The summed E-state index contributed by atoms with van der Waals surface area (Å²) in [6, 6.07) is 9.81. The van der Waals surface area contributed by atoms with Crippen molar-refractivity contribution in [1.29, 1.82) is 0 Å². The minimum atomic E-state index is -3.43. The maximum absolute atomic E-state index is 14.9. The molecule has 1 aliphatic heterocycles. The Kier molecular flexibility index (Phi) is 3.41. The number of imidazole rings is 1. The molecule has 1 atom stereocenters. The molecule has 0 fully saturated rings. The molecular formula is C19H15F3N2O2. The van der Waals surface area contributed by atoms with Gasteiger partial charge in [-0.25, -0.2) is 9.37 Å². The third-order valence-corrected chi connectivity index (χ3v) is 4.99. The highest BCUT2D eigenvalue weighted by Crippen LogP contribution is 2.48. The lowest BCUT2D eigenvalue weighted by Crippen LogP contribution is -2.49. The second-order valence-corrected chi connectivity index (χ2v) is 6.79. The largest absolute Gasteiger partial charge is 0.481 e. The number of carbonyl (C=O) groups is 1. The van der Waals surface area contributed by atoms with Gasteiger partial charge in [-0.05, 0) is 42.3 Å². The van der Waals surface area contributed by atoms with Crippen molar-refractivity contribution in [3.63, 3.8) is 0 Å². The highest BCUT2D eigenvalue weighted by atomic mass is 19.3. The van der Waals surface area contributed by atoms with E-state index in [9.17, 15) is 23.1 Å². The summed E-state index contributed by atoms with van der Waals surface area (Å²) in [4.78, 5) is 16.2. The van der Waals surface area contributed by atoms with Gasteiger partial charge in [0.25, 0.3) is 0 Å². The maximum Gasteiger partial charge on any atom is 0.316 e. The summed E-state index contributed by atoms with van der Waals surface area (Å²) >= 11 is 0. The summed E-state index contributed by atoms with van der Waals surface area (Å²) in [6.45, 7) is 1.63. The summed E-state index contributed by atoms with van der Waals surface area (Å²) in [7, 11) is 0. The monoisotopic (exact) mass is 360 g/mol. The molecule has 0 spiro atoms. The summed E-state index contributed by atoms with van der Waals surface area (Å²) in [5.74, 6) is -5.79. The molecule has 0 saturated carbocycles. The van der Waals surface area contributed by atoms with Crippen LogP contribution >= 0.6 is 0 Å². The fourth-order valence-corrected chi connectivity index (χ4v) is 3.69. The molecule has 0 aliphatic carbocycles. The topological polar surface area (TPSA) is 55.1 Å². The molecule has 0 amide bonds. The molecule has 7 heteroatoms. The van der Waals surface area contributed by atoms with Gasteiger partial charge in [-0.15, -0.1) is 0 Å². The normalized spacial score (nSPS) is 21.5. The molecule has 4 nitrogen and oxygen atoms in total. The lowest BCUT2D eigenvalue weighted by atomic mass is 9.73. The number of carboxylic acids is 1. The van der Waals surface area contributed by atoms with Crippen LogP contribution in [0.3, 0.4) is 0 Å². The van der Waals surface area contributed by atoms with E-state index in [2.05, 4.69) is 4.98 Å². The van der Waals surface area contributed by atoms with Crippen molar-refractivity contribution in [2.24, 2.45) is 0 Å². The molecule has 4 rings (SSSR count). The summed E-state index contributed by atoms with van der Waals surface area (Å²) < 4.78 is 44.4. The van der Waals surface area contributed by atoms with Crippen molar-refractivity contribution in [1.82, 2.24) is 9.55 Å². The van der Waals surface area contributed by atoms with Gasteiger partial charge in [-0.1, -0.05) is 18.2 Å². The average Bonchev–Trinajstić information content (AvgIpc) is 2.93. The smallest absolute Gasteiger partial charge is 0.316 e. The first kappa shape index (κ1) is 16.6. The predicted molar refractivity (Wildman–Crippen MR) is 88.7 cm³/mol. The van der Waals surface area contributed by atoms with Crippen LogP contribution in [-0.4, -0.2) is 20.6 Å². The zero-order valence-electron chi connectivity index (χ0n) is 13.8. The van der Waals surface area contributed by atoms with Crippen LogP contribution in [0.5, 0.6) is 0 Å². The second kappa shape index (κ2) is 5.33. The Labute approximate surface area is 146 Å². The number of alkyl halides is 2. The average molecular weight is 360 g/mol. The fourth-order valence-electron chi connectivity index (χ4n) is 3.69. The Morgan fingerprint density at radius 3 is 2.54 bits per heavy atom. The first-order chi connectivity index (χ1) is 12.2. The van der Waals surface area contributed by atoms with Gasteiger partial charge in [0, 0.05) is 13.0 Å². The number of benzene rings is 2. The van der Waals surface area contributed by atoms with Crippen molar-refractivity contribution in [3.05, 3.63) is 65.2 Å². The molecule has 1 aromatic heterocycles. The van der Waals surface area contributed by atoms with E-state index in [0.717, 1.165) is 17.7 Å². The summed E-state index contributed by atoms with van der Waals surface area (Å²) in [5.41, 5.74) is 0.00516. The van der Waals surface area contributed by atoms with E-state index in [1.54, 1.807) is 18.2 Å². The van der Waals surface area contributed by atoms with Gasteiger partial charge in [0.05, 0.1) is 11.0 Å². The van der Waals surface area contributed by atoms with Crippen molar-refractivity contribution in [3.8, 4) is 0 Å². The van der Waals surface area contributed by atoms with Gasteiger partial charge in [0.2, 0.25) is 0 Å². The van der Waals surface area contributed by atoms with Crippen LogP contribution in [0.2, 0.25) is 0 Å². The fraction of sp³-hybridized carbons (Fsp3) is 0.263. The van der Waals surface area contributed by atoms with Crippen LogP contribution in [0.15, 0.2) is 42.5 Å². The first-order valence-corrected chi connectivity index (χ1v) is 8.08. The molecule has 26 heavy (non-hydrogen) atoms. The highest BCUT2D eigenvalue weighted by molar-refractivity contribution is 5.83. The van der Waals surface area contributed by atoms with E-state index in [4.69, 9.17) is 0 Å². The van der Waals surface area contributed by atoms with Gasteiger partial charge in [-0.2, -0.15) is 8.78 Å². The first-order valence-electron chi connectivity index (χ1n) is 8.08. The number of aromatic nitrogens is 2. The van der Waals surface area contributed by atoms with Crippen LogP contribution in [0.4, 0.5) is 13.2 Å².